The fraction of sp³-hybridized carbons (Fsp3) is 0.444. The number of hydrogen-bond acceptors (Lipinski definition) is 5. The van der Waals surface area contributed by atoms with Crippen molar-refractivity contribution in [2.45, 2.75) is 39.5 Å². The van der Waals surface area contributed by atoms with Crippen molar-refractivity contribution in [3.05, 3.63) is 34.6 Å². The average Bonchev–Trinajstić information content (AvgIpc) is 2.87. The molecule has 0 atom stereocenters. The summed E-state index contributed by atoms with van der Waals surface area (Å²) >= 11 is 0. The molecule has 0 radical (unpaired) electrons. The van der Waals surface area contributed by atoms with Gasteiger partial charge in [-0.3, -0.25) is 0 Å². The lowest BCUT2D eigenvalue weighted by molar-refractivity contribution is 0.0697. The third-order valence-electron chi connectivity index (χ3n) is 4.93. The van der Waals surface area contributed by atoms with E-state index in [1.54, 1.807) is 6.07 Å². The Balaban J connectivity index is 2.10. The van der Waals surface area contributed by atoms with Crippen LogP contribution in [0.15, 0.2) is 22.4 Å². The van der Waals surface area contributed by atoms with Crippen molar-refractivity contribution in [2.75, 3.05) is 18.5 Å². The zero-order valence-corrected chi connectivity index (χ0v) is 15.2. The third kappa shape index (κ3) is 3.14. The molecule has 0 amide bonds. The summed E-state index contributed by atoms with van der Waals surface area (Å²) in [7, 11) is 1.98. The van der Waals surface area contributed by atoms with Gasteiger partial charge in [0.05, 0.1) is 11.3 Å². The van der Waals surface area contributed by atoms with Crippen molar-refractivity contribution in [2.24, 2.45) is 10.2 Å². The highest BCUT2D eigenvalue weighted by atomic mass is 16.4. The van der Waals surface area contributed by atoms with Gasteiger partial charge in [-0.1, -0.05) is 13.8 Å². The smallest absolute Gasteiger partial charge is 0.338 e. The van der Waals surface area contributed by atoms with Crippen molar-refractivity contribution < 1.29 is 9.90 Å². The highest BCUT2D eigenvalue weighted by Crippen LogP contribution is 2.42. The molecule has 0 saturated carbocycles. The maximum atomic E-state index is 11.7. The number of nitrogens with zero attached hydrogens (tertiary/aromatic N) is 4. The highest BCUT2D eigenvalue weighted by molar-refractivity contribution is 5.95. The summed E-state index contributed by atoms with van der Waals surface area (Å²) in [6.07, 6.45) is 0.996. The number of aromatic carboxylic acids is 1. The van der Waals surface area contributed by atoms with Gasteiger partial charge in [0.15, 0.2) is 0 Å². The number of H-pyrrole nitrogens is 1. The van der Waals surface area contributed by atoms with Crippen LogP contribution >= 0.6 is 0 Å². The van der Waals surface area contributed by atoms with E-state index in [9.17, 15) is 9.90 Å². The lowest BCUT2D eigenvalue weighted by Gasteiger charge is -2.38. The van der Waals surface area contributed by atoms with Crippen LogP contribution < -0.4 is 4.90 Å². The first kappa shape index (κ1) is 17.1. The average molecular weight is 341 g/mol. The van der Waals surface area contributed by atoms with Crippen molar-refractivity contribution in [3.8, 4) is 0 Å². The molecule has 2 N–H and O–H groups in total. The van der Waals surface area contributed by atoms with E-state index in [2.05, 4.69) is 38.9 Å². The summed E-state index contributed by atoms with van der Waals surface area (Å²) in [6.45, 7) is 9.01. The van der Waals surface area contributed by atoms with Crippen LogP contribution in [0, 0.1) is 13.8 Å². The predicted molar refractivity (Wildman–Crippen MR) is 96.6 cm³/mol. The van der Waals surface area contributed by atoms with Crippen molar-refractivity contribution >= 4 is 23.3 Å². The number of benzene rings is 1. The maximum absolute atomic E-state index is 11.7. The second kappa shape index (κ2) is 5.98. The summed E-state index contributed by atoms with van der Waals surface area (Å²) in [4.78, 5) is 21.1. The second-order valence-electron chi connectivity index (χ2n) is 7.22. The molecule has 0 fully saturated rings. The molecule has 25 heavy (non-hydrogen) atoms. The Morgan fingerprint density at radius 3 is 2.64 bits per heavy atom. The number of aromatic amines is 1. The molecule has 3 rings (SSSR count). The number of hydrogen-bond donors (Lipinski definition) is 2. The van der Waals surface area contributed by atoms with Crippen molar-refractivity contribution in [3.63, 3.8) is 0 Å². The third-order valence-corrected chi connectivity index (χ3v) is 4.93. The van der Waals surface area contributed by atoms with E-state index in [0.717, 1.165) is 35.6 Å². The summed E-state index contributed by atoms with van der Waals surface area (Å²) < 4.78 is 0. The molecule has 0 aliphatic carbocycles. The fourth-order valence-corrected chi connectivity index (χ4v) is 3.07. The zero-order chi connectivity index (χ0) is 18.4. The normalized spacial score (nSPS) is 16.3. The number of azo groups is 1. The first-order valence-electron chi connectivity index (χ1n) is 8.27. The molecule has 0 spiro atoms. The van der Waals surface area contributed by atoms with Gasteiger partial charge in [-0.15, -0.1) is 10.2 Å². The van der Waals surface area contributed by atoms with Gasteiger partial charge in [0.1, 0.15) is 5.69 Å². The van der Waals surface area contributed by atoms with Gasteiger partial charge in [-0.25, -0.2) is 9.78 Å². The molecule has 7 heteroatoms. The number of carbonyl (C=O) groups is 1. The number of imidazole rings is 1. The first-order chi connectivity index (χ1) is 11.7. The fourth-order valence-electron chi connectivity index (χ4n) is 3.07. The number of rotatable bonds is 3. The van der Waals surface area contributed by atoms with Crippen LogP contribution in [0.2, 0.25) is 0 Å². The Hall–Kier alpha value is -2.70. The summed E-state index contributed by atoms with van der Waals surface area (Å²) in [5.74, 6) is -0.638. The Labute approximate surface area is 146 Å². The van der Waals surface area contributed by atoms with Crippen LogP contribution in [0.1, 0.15) is 47.6 Å². The Bertz CT molecular complexity index is 847. The molecule has 1 aliphatic heterocycles. The molecule has 1 aliphatic rings. The van der Waals surface area contributed by atoms with E-state index in [0.29, 0.717) is 11.6 Å². The van der Waals surface area contributed by atoms with Gasteiger partial charge in [-0.2, -0.15) is 0 Å². The number of anilines is 1. The van der Waals surface area contributed by atoms with Crippen LogP contribution in [-0.4, -0.2) is 34.6 Å². The van der Waals surface area contributed by atoms with Gasteiger partial charge in [0.25, 0.3) is 0 Å². The quantitative estimate of drug-likeness (QED) is 0.816. The highest BCUT2D eigenvalue weighted by Gasteiger charge is 2.31. The number of carboxylic acids is 1. The van der Waals surface area contributed by atoms with Crippen LogP contribution in [0.4, 0.5) is 17.3 Å². The molecule has 2 aromatic rings. The summed E-state index contributed by atoms with van der Waals surface area (Å²) in [5.41, 5.74) is 4.25. The van der Waals surface area contributed by atoms with Crippen molar-refractivity contribution in [1.29, 1.82) is 0 Å². The predicted octanol–water partition coefficient (Wildman–Crippen LogP) is 4.26. The van der Waals surface area contributed by atoms with E-state index >= 15 is 0 Å². The molecule has 2 heterocycles. The molecule has 132 valence electrons. The van der Waals surface area contributed by atoms with Gasteiger partial charge < -0.3 is 15.0 Å². The lowest BCUT2D eigenvalue weighted by atomic mass is 9.77. The van der Waals surface area contributed by atoms with Gasteiger partial charge in [-0.05, 0) is 43.4 Å². The number of nitrogens with one attached hydrogen (secondary N) is 1. The Kier molecular flexibility index (Phi) is 4.10. The van der Waals surface area contributed by atoms with Crippen LogP contribution in [-0.2, 0) is 5.41 Å². The Morgan fingerprint density at radius 1 is 1.32 bits per heavy atom. The minimum Gasteiger partial charge on any atom is -0.478 e. The minimum atomic E-state index is -1.01. The summed E-state index contributed by atoms with van der Waals surface area (Å²) in [6, 6.07) is 3.55. The number of aryl methyl sites for hydroxylation is 2. The molecule has 1 aromatic carbocycles. The second-order valence-corrected chi connectivity index (χ2v) is 7.22. The van der Waals surface area contributed by atoms with E-state index < -0.39 is 5.97 Å². The van der Waals surface area contributed by atoms with Crippen LogP contribution in [0.3, 0.4) is 0 Å². The summed E-state index contributed by atoms with van der Waals surface area (Å²) in [5, 5.41) is 17.9. The van der Waals surface area contributed by atoms with E-state index in [1.165, 1.54) is 0 Å². The largest absolute Gasteiger partial charge is 0.478 e. The van der Waals surface area contributed by atoms with Gasteiger partial charge in [0, 0.05) is 25.0 Å². The standard InChI is InChI=1S/C18H23N5O2/c1-10-11(2)20-17(19-10)22-21-14-9-13-15(8-12(14)16(24)25)23(5)7-6-18(13,3)4/h8-9H,6-7H2,1-5H3,(H,19,20)(H,24,25). The molecule has 7 nitrogen and oxygen atoms in total. The lowest BCUT2D eigenvalue weighted by Crippen LogP contribution is -2.35. The minimum absolute atomic E-state index is 0.0407. The van der Waals surface area contributed by atoms with Crippen LogP contribution in [0.5, 0.6) is 0 Å². The zero-order valence-electron chi connectivity index (χ0n) is 15.2. The number of fused-ring (bicyclic) bond motifs is 1. The van der Waals surface area contributed by atoms with Gasteiger partial charge in [0.2, 0.25) is 5.95 Å². The Morgan fingerprint density at radius 2 is 2.04 bits per heavy atom. The molecule has 0 unspecified atom stereocenters. The number of aromatic nitrogens is 2. The first-order valence-corrected chi connectivity index (χ1v) is 8.27. The van der Waals surface area contributed by atoms with E-state index in [-0.39, 0.29) is 11.0 Å². The monoisotopic (exact) mass is 341 g/mol. The van der Waals surface area contributed by atoms with Crippen molar-refractivity contribution in [1.82, 2.24) is 9.97 Å². The van der Waals surface area contributed by atoms with E-state index in [1.807, 2.05) is 27.0 Å². The molecule has 0 saturated heterocycles. The maximum Gasteiger partial charge on any atom is 0.338 e. The molecule has 1 aromatic heterocycles. The molecular formula is C18H23N5O2. The van der Waals surface area contributed by atoms with Crippen LogP contribution in [0.25, 0.3) is 0 Å². The molecule has 0 bridgehead atoms. The van der Waals surface area contributed by atoms with E-state index in [4.69, 9.17) is 0 Å². The SMILES string of the molecule is Cc1nc(N=Nc2cc3c(cc2C(=O)O)N(C)CCC3(C)C)[nH]c1C. The topological polar surface area (TPSA) is 93.9 Å². The number of carboxylic acid groups (broad SMARTS) is 1. The molecular weight excluding hydrogens is 318 g/mol. The van der Waals surface area contributed by atoms with Gasteiger partial charge >= 0.3 is 5.97 Å².